The summed E-state index contributed by atoms with van der Waals surface area (Å²) in [6, 6.07) is 14.8. The number of hydrogen-bond donors (Lipinski definition) is 4. The fourth-order valence-electron chi connectivity index (χ4n) is 3.66. The number of benzene rings is 2. The number of primary amides is 1. The largest absolute Gasteiger partial charge is 0.369 e. The lowest BCUT2D eigenvalue weighted by atomic mass is 10.1. The Bertz CT molecular complexity index is 1030. The second kappa shape index (κ2) is 7.06. The highest BCUT2D eigenvalue weighted by Crippen LogP contribution is 2.31. The first-order chi connectivity index (χ1) is 13.0. The number of fused-ring (bicyclic) bond motifs is 2. The molecule has 2 amide bonds. The third-order valence-electron chi connectivity index (χ3n) is 4.87. The maximum atomic E-state index is 12.8. The van der Waals surface area contributed by atoms with E-state index >= 15 is 0 Å². The molecule has 7 heteroatoms. The molecule has 138 valence electrons. The van der Waals surface area contributed by atoms with E-state index in [0.717, 1.165) is 22.0 Å². The van der Waals surface area contributed by atoms with Gasteiger partial charge in [0.2, 0.25) is 5.91 Å². The van der Waals surface area contributed by atoms with Crippen molar-refractivity contribution in [1.82, 2.24) is 15.6 Å². The van der Waals surface area contributed by atoms with E-state index in [1.165, 1.54) is 0 Å². The molecule has 0 spiro atoms. The molecule has 0 fully saturated rings. The van der Waals surface area contributed by atoms with Crippen molar-refractivity contribution in [3.8, 4) is 0 Å². The quantitative estimate of drug-likeness (QED) is 0.544. The number of halogens is 1. The number of H-pyrrole nitrogens is 1. The second-order valence-corrected chi connectivity index (χ2v) is 7.16. The van der Waals surface area contributed by atoms with Crippen LogP contribution >= 0.6 is 11.6 Å². The van der Waals surface area contributed by atoms with Crippen molar-refractivity contribution < 1.29 is 9.59 Å². The molecule has 3 aromatic rings. The molecule has 1 aliphatic carbocycles. The first-order valence-electron chi connectivity index (χ1n) is 8.70. The minimum Gasteiger partial charge on any atom is -0.369 e. The van der Waals surface area contributed by atoms with Crippen molar-refractivity contribution in [3.63, 3.8) is 0 Å². The number of carbonyl (C=O) groups excluding carboxylic acids is 2. The van der Waals surface area contributed by atoms with Gasteiger partial charge in [0, 0.05) is 15.9 Å². The highest BCUT2D eigenvalue weighted by atomic mass is 35.5. The van der Waals surface area contributed by atoms with Gasteiger partial charge < -0.3 is 16.0 Å². The molecule has 6 nitrogen and oxygen atoms in total. The number of nitrogens with one attached hydrogen (secondary N) is 3. The number of rotatable bonds is 5. The predicted octanol–water partition coefficient (Wildman–Crippen LogP) is 2.29. The van der Waals surface area contributed by atoms with Gasteiger partial charge in [-0.15, -0.1) is 0 Å². The number of aromatic nitrogens is 1. The van der Waals surface area contributed by atoms with E-state index in [2.05, 4.69) is 15.6 Å². The maximum Gasteiger partial charge on any atom is 0.268 e. The van der Waals surface area contributed by atoms with Gasteiger partial charge in [-0.1, -0.05) is 35.9 Å². The van der Waals surface area contributed by atoms with Gasteiger partial charge in [0.1, 0.15) is 5.69 Å². The molecular weight excluding hydrogens is 364 g/mol. The summed E-state index contributed by atoms with van der Waals surface area (Å²) in [6.45, 7) is 0.0518. The van der Waals surface area contributed by atoms with Crippen molar-refractivity contribution >= 4 is 34.3 Å². The third kappa shape index (κ3) is 3.54. The lowest BCUT2D eigenvalue weighted by Gasteiger charge is -2.22. The summed E-state index contributed by atoms with van der Waals surface area (Å²) in [7, 11) is 0. The van der Waals surface area contributed by atoms with E-state index in [1.54, 1.807) is 12.1 Å². The topological polar surface area (TPSA) is 100 Å². The highest BCUT2D eigenvalue weighted by molar-refractivity contribution is 6.31. The molecule has 2 unspecified atom stereocenters. The van der Waals surface area contributed by atoms with Crippen LogP contribution in [0.3, 0.4) is 0 Å². The van der Waals surface area contributed by atoms with Gasteiger partial charge in [0.15, 0.2) is 0 Å². The molecule has 0 radical (unpaired) electrons. The van der Waals surface area contributed by atoms with E-state index < -0.39 is 5.91 Å². The molecule has 1 heterocycles. The normalized spacial score (nSPS) is 18.4. The summed E-state index contributed by atoms with van der Waals surface area (Å²) in [5.74, 6) is -0.636. The van der Waals surface area contributed by atoms with E-state index in [9.17, 15) is 9.59 Å². The van der Waals surface area contributed by atoms with Crippen LogP contribution in [0.2, 0.25) is 5.02 Å². The maximum absolute atomic E-state index is 12.8. The van der Waals surface area contributed by atoms with Crippen LogP contribution in [0.25, 0.3) is 10.9 Å². The van der Waals surface area contributed by atoms with E-state index in [-0.39, 0.29) is 24.5 Å². The molecule has 4 rings (SSSR count). The zero-order valence-electron chi connectivity index (χ0n) is 14.5. The van der Waals surface area contributed by atoms with Gasteiger partial charge in [-0.3, -0.25) is 14.9 Å². The molecule has 27 heavy (non-hydrogen) atoms. The summed E-state index contributed by atoms with van der Waals surface area (Å²) in [6.07, 6.45) is 0.685. The SMILES string of the molecule is NC(=O)CNC1c2ccccc2CC1NC(=O)c1cc2cc(Cl)ccc2[nH]1. The molecule has 1 aliphatic rings. The van der Waals surface area contributed by atoms with Crippen LogP contribution in [0, 0.1) is 0 Å². The minimum atomic E-state index is -0.433. The van der Waals surface area contributed by atoms with Crippen molar-refractivity contribution in [1.29, 1.82) is 0 Å². The van der Waals surface area contributed by atoms with Crippen molar-refractivity contribution in [2.75, 3.05) is 6.54 Å². The summed E-state index contributed by atoms with van der Waals surface area (Å²) in [4.78, 5) is 27.1. The fourth-order valence-corrected chi connectivity index (χ4v) is 3.84. The number of carbonyl (C=O) groups is 2. The molecule has 2 aromatic carbocycles. The molecule has 2 atom stereocenters. The number of amides is 2. The fraction of sp³-hybridized carbons (Fsp3) is 0.200. The molecule has 0 bridgehead atoms. The van der Waals surface area contributed by atoms with Crippen LogP contribution in [-0.4, -0.2) is 29.4 Å². The summed E-state index contributed by atoms with van der Waals surface area (Å²) >= 11 is 6.02. The number of aromatic amines is 1. The number of hydrogen-bond acceptors (Lipinski definition) is 3. The minimum absolute atomic E-state index is 0.0518. The van der Waals surface area contributed by atoms with Gasteiger partial charge in [-0.25, -0.2) is 0 Å². The Morgan fingerprint density at radius 1 is 1.19 bits per heavy atom. The average Bonchev–Trinajstić information content (AvgIpc) is 3.20. The van der Waals surface area contributed by atoms with Crippen LogP contribution in [0.1, 0.15) is 27.7 Å². The van der Waals surface area contributed by atoms with Crippen molar-refractivity contribution in [2.24, 2.45) is 5.73 Å². The molecule has 1 aromatic heterocycles. The Labute approximate surface area is 161 Å². The van der Waals surface area contributed by atoms with Crippen LogP contribution in [0.4, 0.5) is 0 Å². The monoisotopic (exact) mass is 382 g/mol. The number of nitrogens with two attached hydrogens (primary N) is 1. The van der Waals surface area contributed by atoms with Crippen LogP contribution in [-0.2, 0) is 11.2 Å². The van der Waals surface area contributed by atoms with Gasteiger partial charge >= 0.3 is 0 Å². The summed E-state index contributed by atoms with van der Waals surface area (Å²) in [5.41, 5.74) is 8.82. The summed E-state index contributed by atoms with van der Waals surface area (Å²) in [5, 5.41) is 7.74. The van der Waals surface area contributed by atoms with Gasteiger partial charge in [-0.05, 0) is 41.8 Å². The van der Waals surface area contributed by atoms with Crippen LogP contribution in [0.5, 0.6) is 0 Å². The zero-order valence-corrected chi connectivity index (χ0v) is 15.2. The Kier molecular flexibility index (Phi) is 4.59. The van der Waals surface area contributed by atoms with Crippen molar-refractivity contribution in [3.05, 3.63) is 70.4 Å². The zero-order chi connectivity index (χ0) is 19.0. The first kappa shape index (κ1) is 17.6. The average molecular weight is 383 g/mol. The Morgan fingerprint density at radius 2 is 2.00 bits per heavy atom. The first-order valence-corrected chi connectivity index (χ1v) is 9.07. The highest BCUT2D eigenvalue weighted by Gasteiger charge is 2.33. The molecule has 0 saturated carbocycles. The Hall–Kier alpha value is -2.83. The molecule has 5 N–H and O–H groups in total. The Morgan fingerprint density at radius 3 is 2.81 bits per heavy atom. The Balaban J connectivity index is 1.56. The standard InChI is InChI=1S/C20H19ClN4O2/c21-13-5-6-15-12(7-13)9-17(24-15)20(27)25-16-8-11-3-1-2-4-14(11)19(16)23-10-18(22)26/h1-7,9,16,19,23-24H,8,10H2,(H2,22,26)(H,25,27). The predicted molar refractivity (Wildman–Crippen MR) is 105 cm³/mol. The summed E-state index contributed by atoms with van der Waals surface area (Å²) < 4.78 is 0. The van der Waals surface area contributed by atoms with Gasteiger partial charge in [0.25, 0.3) is 5.91 Å². The lowest BCUT2D eigenvalue weighted by Crippen LogP contribution is -2.44. The van der Waals surface area contributed by atoms with Gasteiger partial charge in [0.05, 0.1) is 18.6 Å². The van der Waals surface area contributed by atoms with E-state index in [4.69, 9.17) is 17.3 Å². The molecule has 0 saturated heterocycles. The third-order valence-corrected chi connectivity index (χ3v) is 5.11. The van der Waals surface area contributed by atoms with E-state index in [1.807, 2.05) is 36.4 Å². The lowest BCUT2D eigenvalue weighted by molar-refractivity contribution is -0.117. The smallest absolute Gasteiger partial charge is 0.268 e. The van der Waals surface area contributed by atoms with Crippen LogP contribution in [0.15, 0.2) is 48.5 Å². The second-order valence-electron chi connectivity index (χ2n) is 6.72. The molecular formula is C20H19ClN4O2. The van der Waals surface area contributed by atoms with Crippen molar-refractivity contribution in [2.45, 2.75) is 18.5 Å². The van der Waals surface area contributed by atoms with Crippen LogP contribution < -0.4 is 16.4 Å². The molecule has 0 aliphatic heterocycles. The van der Waals surface area contributed by atoms with E-state index in [0.29, 0.717) is 17.1 Å². The van der Waals surface area contributed by atoms with Gasteiger partial charge in [-0.2, -0.15) is 0 Å².